The third-order valence-electron chi connectivity index (χ3n) is 2.60. The molecular weight excluding hydrogens is 224 g/mol. The van der Waals surface area contributed by atoms with Crippen LogP contribution >= 0.6 is 11.6 Å². The molecule has 0 unspecified atom stereocenters. The number of nitrogen functional groups attached to an aromatic ring is 1. The summed E-state index contributed by atoms with van der Waals surface area (Å²) in [6, 6.07) is 3.71. The third-order valence-corrected chi connectivity index (χ3v) is 2.93. The second-order valence-corrected chi connectivity index (χ2v) is 4.91. The average Bonchev–Trinajstić information content (AvgIpc) is 2.22. The van der Waals surface area contributed by atoms with Gasteiger partial charge in [0, 0.05) is 19.3 Å². The monoisotopic (exact) mass is 242 g/mol. The third kappa shape index (κ3) is 3.29. The Hall–Kier alpha value is -0.930. The number of ether oxygens (including phenoxy) is 1. The summed E-state index contributed by atoms with van der Waals surface area (Å²) in [5, 5.41) is 3.88. The maximum Gasteiger partial charge on any atom is 0.0794 e. The van der Waals surface area contributed by atoms with Gasteiger partial charge >= 0.3 is 0 Å². The van der Waals surface area contributed by atoms with Crippen molar-refractivity contribution in [2.75, 3.05) is 24.7 Å². The zero-order chi connectivity index (χ0) is 12.3. The first-order valence-electron chi connectivity index (χ1n) is 5.20. The molecule has 3 N–H and O–H groups in total. The number of nitrogens with two attached hydrogens (primary N) is 1. The van der Waals surface area contributed by atoms with Crippen LogP contribution in [0.25, 0.3) is 0 Å². The highest BCUT2D eigenvalue weighted by molar-refractivity contribution is 6.33. The molecule has 1 aromatic rings. The minimum atomic E-state index is -0.208. The number of hydrogen-bond donors (Lipinski definition) is 2. The fourth-order valence-electron chi connectivity index (χ4n) is 1.27. The first kappa shape index (κ1) is 13.1. The Morgan fingerprint density at radius 1 is 1.44 bits per heavy atom. The molecule has 0 saturated heterocycles. The lowest BCUT2D eigenvalue weighted by Gasteiger charge is -2.24. The van der Waals surface area contributed by atoms with Gasteiger partial charge in [0.2, 0.25) is 0 Å². The van der Waals surface area contributed by atoms with Gasteiger partial charge < -0.3 is 15.8 Å². The van der Waals surface area contributed by atoms with Gasteiger partial charge in [0.15, 0.2) is 0 Å². The Morgan fingerprint density at radius 2 is 2.06 bits per heavy atom. The van der Waals surface area contributed by atoms with Crippen LogP contribution in [0.2, 0.25) is 5.02 Å². The number of hydrogen-bond acceptors (Lipinski definition) is 3. The molecule has 0 bridgehead atoms. The SMILES string of the molecule is COC(C)(C)CNc1cc(Cl)c(N)cc1C. The minimum Gasteiger partial charge on any atom is -0.398 e. The Bertz CT molecular complexity index is 378. The molecule has 0 spiro atoms. The van der Waals surface area contributed by atoms with E-state index in [0.29, 0.717) is 17.3 Å². The second-order valence-electron chi connectivity index (χ2n) is 4.51. The topological polar surface area (TPSA) is 47.3 Å². The molecule has 90 valence electrons. The molecule has 0 atom stereocenters. The summed E-state index contributed by atoms with van der Waals surface area (Å²) in [4.78, 5) is 0. The van der Waals surface area contributed by atoms with E-state index >= 15 is 0 Å². The number of halogens is 1. The van der Waals surface area contributed by atoms with Gasteiger partial charge in [-0.3, -0.25) is 0 Å². The van der Waals surface area contributed by atoms with Gasteiger partial charge in [-0.15, -0.1) is 0 Å². The molecule has 3 nitrogen and oxygen atoms in total. The summed E-state index contributed by atoms with van der Waals surface area (Å²) in [5.74, 6) is 0. The van der Waals surface area contributed by atoms with Crippen LogP contribution in [-0.2, 0) is 4.74 Å². The van der Waals surface area contributed by atoms with Crippen LogP contribution in [-0.4, -0.2) is 19.3 Å². The van der Waals surface area contributed by atoms with E-state index in [0.717, 1.165) is 11.3 Å². The molecular formula is C12H19ClN2O. The van der Waals surface area contributed by atoms with E-state index in [-0.39, 0.29) is 5.60 Å². The van der Waals surface area contributed by atoms with E-state index in [4.69, 9.17) is 22.1 Å². The smallest absolute Gasteiger partial charge is 0.0794 e. The maximum atomic E-state index is 5.97. The van der Waals surface area contributed by atoms with E-state index in [2.05, 4.69) is 5.32 Å². The molecule has 0 aliphatic heterocycles. The van der Waals surface area contributed by atoms with E-state index in [1.54, 1.807) is 7.11 Å². The number of anilines is 2. The zero-order valence-electron chi connectivity index (χ0n) is 10.2. The van der Waals surface area contributed by atoms with E-state index < -0.39 is 0 Å². The fourth-order valence-corrected chi connectivity index (χ4v) is 1.44. The Labute approximate surface area is 102 Å². The quantitative estimate of drug-likeness (QED) is 0.798. The second kappa shape index (κ2) is 4.93. The molecule has 0 aliphatic carbocycles. The highest BCUT2D eigenvalue weighted by Gasteiger charge is 2.16. The molecule has 0 amide bonds. The molecule has 1 aromatic carbocycles. The van der Waals surface area contributed by atoms with Crippen molar-refractivity contribution in [1.29, 1.82) is 0 Å². The Balaban J connectivity index is 2.79. The minimum absolute atomic E-state index is 0.208. The molecule has 16 heavy (non-hydrogen) atoms. The van der Waals surface area contributed by atoms with Crippen molar-refractivity contribution >= 4 is 23.0 Å². The highest BCUT2D eigenvalue weighted by Crippen LogP contribution is 2.27. The molecule has 0 saturated carbocycles. The summed E-state index contributed by atoms with van der Waals surface area (Å²) in [5.41, 5.74) is 8.18. The van der Waals surface area contributed by atoms with Gasteiger partial charge in [-0.1, -0.05) is 11.6 Å². The molecule has 1 rings (SSSR count). The zero-order valence-corrected chi connectivity index (χ0v) is 11.0. The van der Waals surface area contributed by atoms with Gasteiger partial charge in [-0.25, -0.2) is 0 Å². The van der Waals surface area contributed by atoms with Gasteiger partial charge in [-0.2, -0.15) is 0 Å². The van der Waals surface area contributed by atoms with Gasteiger partial charge in [0.05, 0.1) is 16.3 Å². The lowest BCUT2D eigenvalue weighted by molar-refractivity contribution is 0.0344. The summed E-state index contributed by atoms with van der Waals surface area (Å²) in [6.07, 6.45) is 0. The van der Waals surface area contributed by atoms with Crippen molar-refractivity contribution in [3.8, 4) is 0 Å². The largest absolute Gasteiger partial charge is 0.398 e. The van der Waals surface area contributed by atoms with Crippen molar-refractivity contribution in [1.82, 2.24) is 0 Å². The van der Waals surface area contributed by atoms with Crippen LogP contribution in [0, 0.1) is 6.92 Å². The van der Waals surface area contributed by atoms with Gasteiger partial charge in [-0.05, 0) is 38.5 Å². The molecule has 4 heteroatoms. The lowest BCUT2D eigenvalue weighted by atomic mass is 10.1. The normalized spacial score (nSPS) is 11.6. The van der Waals surface area contributed by atoms with Crippen molar-refractivity contribution in [3.05, 3.63) is 22.7 Å². The molecule has 0 heterocycles. The van der Waals surface area contributed by atoms with Crippen molar-refractivity contribution in [3.63, 3.8) is 0 Å². The number of rotatable bonds is 4. The molecule has 0 fully saturated rings. The van der Waals surface area contributed by atoms with Crippen molar-refractivity contribution < 1.29 is 4.74 Å². The maximum absolute atomic E-state index is 5.97. The van der Waals surface area contributed by atoms with E-state index in [1.807, 2.05) is 32.9 Å². The molecule has 0 aliphatic rings. The van der Waals surface area contributed by atoms with Crippen LogP contribution < -0.4 is 11.1 Å². The lowest BCUT2D eigenvalue weighted by Crippen LogP contribution is -2.32. The van der Waals surface area contributed by atoms with E-state index in [1.165, 1.54) is 0 Å². The summed E-state index contributed by atoms with van der Waals surface area (Å²) >= 11 is 5.97. The number of nitrogens with one attached hydrogen (secondary N) is 1. The highest BCUT2D eigenvalue weighted by atomic mass is 35.5. The van der Waals surface area contributed by atoms with Crippen LogP contribution in [0.3, 0.4) is 0 Å². The number of methoxy groups -OCH3 is 1. The first-order chi connectivity index (χ1) is 7.35. The standard InChI is InChI=1S/C12H19ClN2O/c1-8-5-10(14)9(13)6-11(8)15-7-12(2,3)16-4/h5-6,15H,7,14H2,1-4H3. The van der Waals surface area contributed by atoms with Crippen LogP contribution in [0.5, 0.6) is 0 Å². The predicted octanol–water partition coefficient (Wildman–Crippen LogP) is 3.07. The molecule has 0 aromatic heterocycles. The Morgan fingerprint density at radius 3 is 2.62 bits per heavy atom. The van der Waals surface area contributed by atoms with Crippen LogP contribution in [0.4, 0.5) is 11.4 Å². The van der Waals surface area contributed by atoms with Crippen molar-refractivity contribution in [2.24, 2.45) is 0 Å². The Kier molecular flexibility index (Phi) is 4.05. The summed E-state index contributed by atoms with van der Waals surface area (Å²) in [6.45, 7) is 6.75. The average molecular weight is 243 g/mol. The number of benzene rings is 1. The predicted molar refractivity (Wildman–Crippen MR) is 70.2 cm³/mol. The fraction of sp³-hybridized carbons (Fsp3) is 0.500. The van der Waals surface area contributed by atoms with Crippen molar-refractivity contribution in [2.45, 2.75) is 26.4 Å². The summed E-state index contributed by atoms with van der Waals surface area (Å²) < 4.78 is 5.33. The summed E-state index contributed by atoms with van der Waals surface area (Å²) in [7, 11) is 1.70. The van der Waals surface area contributed by atoms with Gasteiger partial charge in [0.1, 0.15) is 0 Å². The number of aryl methyl sites for hydroxylation is 1. The van der Waals surface area contributed by atoms with Gasteiger partial charge in [0.25, 0.3) is 0 Å². The first-order valence-corrected chi connectivity index (χ1v) is 5.58. The van der Waals surface area contributed by atoms with E-state index in [9.17, 15) is 0 Å². The van der Waals surface area contributed by atoms with Crippen LogP contribution in [0.1, 0.15) is 19.4 Å². The van der Waals surface area contributed by atoms with Crippen LogP contribution in [0.15, 0.2) is 12.1 Å². The molecule has 0 radical (unpaired) electrons.